The Bertz CT molecular complexity index is 977. The van der Waals surface area contributed by atoms with Crippen molar-refractivity contribution in [3.8, 4) is 0 Å². The number of amides is 1. The average molecular weight is 435 g/mol. The lowest BCUT2D eigenvalue weighted by molar-refractivity contribution is -0.131. The van der Waals surface area contributed by atoms with Crippen LogP contribution < -0.4 is 9.62 Å². The van der Waals surface area contributed by atoms with Crippen LogP contribution in [-0.4, -0.2) is 50.6 Å². The first kappa shape index (κ1) is 22.3. The highest BCUT2D eigenvalue weighted by atomic mass is 32.2. The maximum absolute atomic E-state index is 12.9. The normalized spacial score (nSPS) is 15.8. The number of hydrogen-bond acceptors (Lipinski definition) is 6. The van der Waals surface area contributed by atoms with Crippen LogP contribution in [0.5, 0.6) is 0 Å². The number of nitrogens with one attached hydrogen (secondary N) is 1. The molecule has 1 atom stereocenters. The summed E-state index contributed by atoms with van der Waals surface area (Å²) in [5.41, 5.74) is 2.46. The number of benzene rings is 1. The van der Waals surface area contributed by atoms with Gasteiger partial charge in [0.2, 0.25) is 15.9 Å². The van der Waals surface area contributed by atoms with E-state index in [2.05, 4.69) is 20.8 Å². The Hall–Kier alpha value is -2.39. The molecule has 2 aromatic rings. The summed E-state index contributed by atoms with van der Waals surface area (Å²) in [4.78, 5) is 16.8. The van der Waals surface area contributed by atoms with E-state index in [1.54, 1.807) is 25.8 Å². The number of para-hydroxylation sites is 1. The lowest BCUT2D eigenvalue weighted by Gasteiger charge is -2.32. The number of rotatable bonds is 7. The molecular formula is C21H30N4O4S. The van der Waals surface area contributed by atoms with Crippen molar-refractivity contribution in [1.82, 2.24) is 14.8 Å². The third-order valence-corrected chi connectivity index (χ3v) is 7.20. The topological polar surface area (TPSA) is 95.8 Å². The average Bonchev–Trinajstić information content (AvgIpc) is 3.07. The van der Waals surface area contributed by atoms with E-state index in [9.17, 15) is 13.2 Å². The van der Waals surface area contributed by atoms with Crippen molar-refractivity contribution in [2.24, 2.45) is 0 Å². The SMILES string of the molecule is Cc1noc(C)c1S(=O)(=O)N[C@@H](C)C(=O)N(C)Cc1ccccc1N1CCCCC1. The highest BCUT2D eigenvalue weighted by molar-refractivity contribution is 7.89. The fourth-order valence-corrected chi connectivity index (χ4v) is 5.48. The third kappa shape index (κ3) is 4.84. The summed E-state index contributed by atoms with van der Waals surface area (Å²) in [6.07, 6.45) is 3.59. The van der Waals surface area contributed by atoms with Crippen LogP contribution in [-0.2, 0) is 21.4 Å². The Labute approximate surface area is 178 Å². The fraction of sp³-hybridized carbons (Fsp3) is 0.524. The van der Waals surface area contributed by atoms with E-state index in [4.69, 9.17) is 4.52 Å². The number of anilines is 1. The van der Waals surface area contributed by atoms with Gasteiger partial charge < -0.3 is 14.3 Å². The molecule has 2 heterocycles. The van der Waals surface area contributed by atoms with Crippen molar-refractivity contribution in [2.75, 3.05) is 25.0 Å². The van der Waals surface area contributed by atoms with Crippen LogP contribution in [0.2, 0.25) is 0 Å². The number of piperidine rings is 1. The van der Waals surface area contributed by atoms with Gasteiger partial charge in [-0.1, -0.05) is 23.4 Å². The molecule has 1 fully saturated rings. The van der Waals surface area contributed by atoms with E-state index in [-0.39, 0.29) is 22.3 Å². The summed E-state index contributed by atoms with van der Waals surface area (Å²) < 4.78 is 32.8. The second-order valence-corrected chi connectivity index (χ2v) is 9.52. The van der Waals surface area contributed by atoms with Crippen LogP contribution in [0.15, 0.2) is 33.7 Å². The highest BCUT2D eigenvalue weighted by Crippen LogP contribution is 2.25. The zero-order valence-corrected chi connectivity index (χ0v) is 18.8. The van der Waals surface area contributed by atoms with Crippen molar-refractivity contribution in [2.45, 2.75) is 57.5 Å². The van der Waals surface area contributed by atoms with Gasteiger partial charge in [-0.3, -0.25) is 4.79 Å². The number of carbonyl (C=O) groups is 1. The van der Waals surface area contributed by atoms with E-state index in [1.165, 1.54) is 26.2 Å². The van der Waals surface area contributed by atoms with Gasteiger partial charge >= 0.3 is 0 Å². The highest BCUT2D eigenvalue weighted by Gasteiger charge is 2.29. The minimum Gasteiger partial charge on any atom is -0.371 e. The van der Waals surface area contributed by atoms with Gasteiger partial charge in [0.15, 0.2) is 5.76 Å². The molecule has 1 amide bonds. The summed E-state index contributed by atoms with van der Waals surface area (Å²) in [7, 11) is -2.23. The predicted octanol–water partition coefficient (Wildman–Crippen LogP) is 2.61. The number of hydrogen-bond donors (Lipinski definition) is 1. The quantitative estimate of drug-likeness (QED) is 0.720. The molecule has 8 nitrogen and oxygen atoms in total. The van der Waals surface area contributed by atoms with Gasteiger partial charge in [0, 0.05) is 32.4 Å². The van der Waals surface area contributed by atoms with Gasteiger partial charge in [0.1, 0.15) is 10.6 Å². The number of likely N-dealkylation sites (N-methyl/N-ethyl adjacent to an activating group) is 1. The lowest BCUT2D eigenvalue weighted by Crippen LogP contribution is -2.45. The first-order chi connectivity index (χ1) is 14.2. The Balaban J connectivity index is 1.70. The Morgan fingerprint density at radius 1 is 1.23 bits per heavy atom. The van der Waals surface area contributed by atoms with Gasteiger partial charge in [-0.05, 0) is 51.7 Å². The maximum Gasteiger partial charge on any atom is 0.246 e. The zero-order chi connectivity index (χ0) is 21.9. The lowest BCUT2D eigenvalue weighted by atomic mass is 10.1. The van der Waals surface area contributed by atoms with E-state index < -0.39 is 16.1 Å². The van der Waals surface area contributed by atoms with E-state index in [1.807, 2.05) is 18.2 Å². The Morgan fingerprint density at radius 2 is 1.90 bits per heavy atom. The summed E-state index contributed by atoms with van der Waals surface area (Å²) in [6.45, 7) is 7.07. The molecule has 1 aliphatic heterocycles. The van der Waals surface area contributed by atoms with Crippen LogP contribution in [0.3, 0.4) is 0 Å². The molecule has 0 saturated carbocycles. The van der Waals surface area contributed by atoms with Crippen LogP contribution in [0.25, 0.3) is 0 Å². The van der Waals surface area contributed by atoms with E-state index in [0.29, 0.717) is 6.54 Å². The van der Waals surface area contributed by atoms with Gasteiger partial charge in [-0.15, -0.1) is 0 Å². The van der Waals surface area contributed by atoms with Crippen LogP contribution in [0, 0.1) is 13.8 Å². The van der Waals surface area contributed by atoms with Crippen molar-refractivity contribution < 1.29 is 17.7 Å². The Kier molecular flexibility index (Phi) is 6.82. The summed E-state index contributed by atoms with van der Waals surface area (Å²) in [5, 5.41) is 3.69. The number of sulfonamides is 1. The second kappa shape index (κ2) is 9.18. The first-order valence-electron chi connectivity index (χ1n) is 10.2. The van der Waals surface area contributed by atoms with Gasteiger partial charge in [0.25, 0.3) is 0 Å². The van der Waals surface area contributed by atoms with E-state index >= 15 is 0 Å². The largest absolute Gasteiger partial charge is 0.371 e. The van der Waals surface area contributed by atoms with Crippen molar-refractivity contribution in [1.29, 1.82) is 0 Å². The fourth-order valence-electron chi connectivity index (χ4n) is 3.95. The summed E-state index contributed by atoms with van der Waals surface area (Å²) in [5.74, 6) is -0.109. The van der Waals surface area contributed by atoms with Crippen LogP contribution in [0.1, 0.15) is 43.2 Å². The van der Waals surface area contributed by atoms with Crippen molar-refractivity contribution >= 4 is 21.6 Å². The molecule has 0 unspecified atom stereocenters. The predicted molar refractivity (Wildman–Crippen MR) is 115 cm³/mol. The molecule has 164 valence electrons. The molecular weight excluding hydrogens is 404 g/mol. The molecule has 0 radical (unpaired) electrons. The molecule has 1 aliphatic rings. The minimum atomic E-state index is -3.92. The number of nitrogens with zero attached hydrogens (tertiary/aromatic N) is 3. The monoisotopic (exact) mass is 434 g/mol. The molecule has 3 rings (SSSR count). The smallest absolute Gasteiger partial charge is 0.246 e. The number of carbonyl (C=O) groups excluding carboxylic acids is 1. The van der Waals surface area contributed by atoms with Gasteiger partial charge in [-0.2, -0.15) is 4.72 Å². The van der Waals surface area contributed by atoms with Crippen LogP contribution in [0.4, 0.5) is 5.69 Å². The molecule has 1 saturated heterocycles. The standard InChI is InChI=1S/C21H30N4O4S/c1-15-20(17(3)29-22-15)30(27,28)23-16(2)21(26)24(4)14-18-10-6-7-11-19(18)25-12-8-5-9-13-25/h6-7,10-11,16,23H,5,8-9,12-14H2,1-4H3/t16-/m0/s1. The van der Waals surface area contributed by atoms with Gasteiger partial charge in [-0.25, -0.2) is 8.42 Å². The van der Waals surface area contributed by atoms with E-state index in [0.717, 1.165) is 24.3 Å². The molecule has 0 bridgehead atoms. The third-order valence-electron chi connectivity index (χ3n) is 5.41. The minimum absolute atomic E-state index is 0.0137. The molecule has 30 heavy (non-hydrogen) atoms. The number of aryl methyl sites for hydroxylation is 2. The van der Waals surface area contributed by atoms with Crippen LogP contribution >= 0.6 is 0 Å². The molecule has 1 aromatic heterocycles. The Morgan fingerprint density at radius 3 is 2.53 bits per heavy atom. The summed E-state index contributed by atoms with van der Waals surface area (Å²) in [6, 6.07) is 7.16. The second-order valence-electron chi connectivity index (χ2n) is 7.87. The molecule has 1 aromatic carbocycles. The zero-order valence-electron chi connectivity index (χ0n) is 18.0. The molecule has 0 aliphatic carbocycles. The van der Waals surface area contributed by atoms with Crippen molar-refractivity contribution in [3.05, 3.63) is 41.3 Å². The molecule has 1 N–H and O–H groups in total. The maximum atomic E-state index is 12.9. The first-order valence-corrected chi connectivity index (χ1v) is 11.7. The summed E-state index contributed by atoms with van der Waals surface area (Å²) >= 11 is 0. The number of aromatic nitrogens is 1. The van der Waals surface area contributed by atoms with Gasteiger partial charge in [0.05, 0.1) is 6.04 Å². The molecule has 0 spiro atoms. The molecule has 9 heteroatoms. The van der Waals surface area contributed by atoms with Crippen molar-refractivity contribution in [3.63, 3.8) is 0 Å².